The molecule has 3 heterocycles. The van der Waals surface area contributed by atoms with Gasteiger partial charge in [-0.1, -0.05) is 0 Å². The minimum absolute atomic E-state index is 0. The van der Waals surface area contributed by atoms with Gasteiger partial charge in [-0.3, -0.25) is 9.09 Å². The summed E-state index contributed by atoms with van der Waals surface area (Å²) in [6.07, 6.45) is -0.425. The molecule has 0 amide bonds. The number of hydrogen-bond acceptors (Lipinski definition) is 13. The van der Waals surface area contributed by atoms with E-state index in [9.17, 15) is 28.8 Å². The first-order chi connectivity index (χ1) is 14.2. The molecule has 8 N–H and O–H groups in total. The van der Waals surface area contributed by atoms with Crippen LogP contribution in [0.3, 0.4) is 0 Å². The molecule has 22 heteroatoms. The molecule has 0 aliphatic carbocycles. The van der Waals surface area contributed by atoms with Gasteiger partial charge in [-0.25, -0.2) is 28.6 Å². The summed E-state index contributed by atoms with van der Waals surface area (Å²) in [7, 11) is -16.6. The number of imidazole rings is 1. The van der Waals surface area contributed by atoms with Crippen LogP contribution in [-0.4, -0.2) is 103 Å². The molecule has 0 bridgehead atoms. The van der Waals surface area contributed by atoms with Gasteiger partial charge in [-0.2, -0.15) is 8.62 Å². The zero-order valence-electron chi connectivity index (χ0n) is 14.9. The first-order valence-electron chi connectivity index (χ1n) is 7.92. The van der Waals surface area contributed by atoms with E-state index in [0.29, 0.717) is 0 Å². The van der Waals surface area contributed by atoms with Gasteiger partial charge in [0.15, 0.2) is 11.5 Å². The van der Waals surface area contributed by atoms with Crippen molar-refractivity contribution in [3.8, 4) is 0 Å². The summed E-state index contributed by atoms with van der Waals surface area (Å²) < 4.78 is 46.9. The SMILES string of the molecule is Nc1ncnc2c1ncn2[C@@H]1S[C@H](COP(=O)(O)OP(=O)(O)OP(=O)(O)O)[C@@H](O)[C@H]1O.[NaH]. The summed E-state index contributed by atoms with van der Waals surface area (Å²) in [6, 6.07) is 0. The molecule has 0 aromatic carbocycles. The van der Waals surface area contributed by atoms with Crippen molar-refractivity contribution in [3.63, 3.8) is 0 Å². The number of hydrogen-bond donors (Lipinski definition) is 7. The van der Waals surface area contributed by atoms with Gasteiger partial charge in [0.2, 0.25) is 0 Å². The number of aliphatic hydroxyl groups excluding tert-OH is 2. The monoisotopic (exact) mass is 547 g/mol. The molecule has 6 atom stereocenters. The third-order valence-electron chi connectivity index (χ3n) is 3.82. The number of aliphatic hydroxyl groups is 2. The minimum atomic E-state index is -5.67. The molecule has 176 valence electrons. The number of nitrogens with zero attached hydrogens (tertiary/aromatic N) is 4. The van der Waals surface area contributed by atoms with Crippen molar-refractivity contribution in [2.45, 2.75) is 22.8 Å². The molecule has 1 fully saturated rings. The van der Waals surface area contributed by atoms with E-state index in [-0.39, 0.29) is 46.5 Å². The van der Waals surface area contributed by atoms with Crippen LogP contribution in [0.2, 0.25) is 0 Å². The predicted octanol–water partition coefficient (Wildman–Crippen LogP) is -1.56. The second-order valence-electron chi connectivity index (χ2n) is 6.02. The summed E-state index contributed by atoms with van der Waals surface area (Å²) in [5.41, 5.74) is 6.21. The van der Waals surface area contributed by atoms with E-state index in [1.54, 1.807) is 0 Å². The van der Waals surface area contributed by atoms with E-state index < -0.39 is 52.9 Å². The molecule has 0 saturated carbocycles. The molecule has 2 aromatic heterocycles. The topological polar surface area (TPSA) is 270 Å². The number of phosphoric acid groups is 3. The number of fused-ring (bicyclic) bond motifs is 1. The van der Waals surface area contributed by atoms with Gasteiger partial charge >= 0.3 is 53.0 Å². The van der Waals surface area contributed by atoms with Crippen molar-refractivity contribution in [1.29, 1.82) is 0 Å². The maximum absolute atomic E-state index is 11.8. The van der Waals surface area contributed by atoms with Gasteiger partial charge in [0.1, 0.15) is 23.3 Å². The zero-order chi connectivity index (χ0) is 23.2. The predicted molar refractivity (Wildman–Crippen MR) is 109 cm³/mol. The van der Waals surface area contributed by atoms with E-state index in [0.717, 1.165) is 11.8 Å². The van der Waals surface area contributed by atoms with Crippen molar-refractivity contribution in [2.75, 3.05) is 12.3 Å². The fourth-order valence-electron chi connectivity index (χ4n) is 2.62. The maximum atomic E-state index is 11.8. The molecular weight excluding hydrogens is 530 g/mol. The first-order valence-corrected chi connectivity index (χ1v) is 13.4. The van der Waals surface area contributed by atoms with Gasteiger partial charge in [0, 0.05) is 0 Å². The first kappa shape index (κ1) is 28.3. The van der Waals surface area contributed by atoms with Crippen molar-refractivity contribution in [2.24, 2.45) is 0 Å². The zero-order valence-corrected chi connectivity index (χ0v) is 18.4. The Morgan fingerprint density at radius 3 is 2.31 bits per heavy atom. The van der Waals surface area contributed by atoms with Crippen LogP contribution < -0.4 is 5.73 Å². The van der Waals surface area contributed by atoms with Gasteiger partial charge in [-0.05, 0) is 0 Å². The van der Waals surface area contributed by atoms with E-state index in [2.05, 4.69) is 28.1 Å². The van der Waals surface area contributed by atoms with Crippen LogP contribution >= 0.6 is 35.2 Å². The molecule has 1 saturated heterocycles. The number of aromatic nitrogens is 4. The Kier molecular flexibility index (Phi) is 9.13. The Balaban J connectivity index is 0.00000363. The number of anilines is 1. The number of nitrogens with two attached hydrogens (primary N) is 1. The third kappa shape index (κ3) is 6.79. The molecule has 17 nitrogen and oxygen atoms in total. The summed E-state index contributed by atoms with van der Waals surface area (Å²) in [6.45, 7) is -0.771. The van der Waals surface area contributed by atoms with Crippen LogP contribution in [0.15, 0.2) is 12.7 Å². The molecule has 32 heavy (non-hydrogen) atoms. The Hall–Kier alpha value is 0.0300. The Morgan fingerprint density at radius 1 is 1.03 bits per heavy atom. The van der Waals surface area contributed by atoms with Gasteiger partial charge < -0.3 is 35.5 Å². The van der Waals surface area contributed by atoms with Crippen LogP contribution in [0, 0.1) is 0 Å². The van der Waals surface area contributed by atoms with Crippen molar-refractivity contribution >= 4 is 81.8 Å². The Bertz CT molecular complexity index is 1120. The second-order valence-corrected chi connectivity index (χ2v) is 11.8. The number of thioether (sulfide) groups is 1. The van der Waals surface area contributed by atoms with Crippen LogP contribution in [-0.2, 0) is 26.8 Å². The van der Waals surface area contributed by atoms with E-state index >= 15 is 0 Å². The van der Waals surface area contributed by atoms with Crippen LogP contribution in [0.25, 0.3) is 11.2 Å². The second kappa shape index (κ2) is 10.3. The fraction of sp³-hybridized carbons (Fsp3) is 0.500. The number of phosphoric ester groups is 1. The van der Waals surface area contributed by atoms with Crippen molar-refractivity contribution in [3.05, 3.63) is 12.7 Å². The quantitative estimate of drug-likeness (QED) is 0.145. The number of nitrogen functional groups attached to an aromatic ring is 1. The Morgan fingerprint density at radius 2 is 1.69 bits per heavy atom. The van der Waals surface area contributed by atoms with E-state index in [1.165, 1.54) is 17.2 Å². The van der Waals surface area contributed by atoms with Gasteiger partial charge in [-0.15, -0.1) is 11.8 Å². The normalized spacial score (nSPS) is 27.6. The van der Waals surface area contributed by atoms with Crippen molar-refractivity contribution < 1.29 is 56.6 Å². The van der Waals surface area contributed by atoms with Crippen LogP contribution in [0.1, 0.15) is 5.37 Å². The average molecular weight is 547 g/mol. The summed E-state index contributed by atoms with van der Waals surface area (Å²) in [5.74, 6) is 0.0889. The number of rotatable bonds is 8. The molecule has 3 rings (SSSR count). The summed E-state index contributed by atoms with van der Waals surface area (Å²) in [5, 5.41) is 18.7. The Labute approximate surface area is 205 Å². The molecule has 0 spiro atoms. The fourth-order valence-corrected chi connectivity index (χ4v) is 7.20. The van der Waals surface area contributed by atoms with Crippen LogP contribution in [0.5, 0.6) is 0 Å². The molecule has 0 radical (unpaired) electrons. The molecule has 2 unspecified atom stereocenters. The average Bonchev–Trinajstić information content (AvgIpc) is 3.13. The van der Waals surface area contributed by atoms with E-state index in [1.807, 2.05) is 0 Å². The van der Waals surface area contributed by atoms with Crippen molar-refractivity contribution in [1.82, 2.24) is 19.5 Å². The summed E-state index contributed by atoms with van der Waals surface area (Å²) in [4.78, 5) is 47.5. The van der Waals surface area contributed by atoms with Gasteiger partial charge in [0.25, 0.3) is 0 Å². The standard InChI is InChI=1S/C10H16N5O12P3S.Na.H/c11-8-5-9(13-2-12-8)15(3-14-5)10-7(17)6(16)4(31-10)1-25-29(21,22)27-30(23,24)26-28(18,19)20;;/h2-4,6-7,10,16-17H,1H2,(H,21,22)(H,23,24)(H2,11,12,13)(H2,18,19,20);;/t4-,6-,7-,10-;;/m1../s1. The third-order valence-corrected chi connectivity index (χ3v) is 9.17. The molecular formula is C10H17N5NaO12P3S. The molecule has 2 aromatic rings. The summed E-state index contributed by atoms with van der Waals surface area (Å²) >= 11 is 0.896. The van der Waals surface area contributed by atoms with Gasteiger partial charge in [0.05, 0.1) is 24.3 Å². The van der Waals surface area contributed by atoms with E-state index in [4.69, 9.17) is 20.4 Å². The molecule has 1 aliphatic rings. The molecule has 1 aliphatic heterocycles. The van der Waals surface area contributed by atoms with Crippen LogP contribution in [0.4, 0.5) is 5.82 Å².